The molecular weight excluding hydrogens is 216 g/mol. The van der Waals surface area contributed by atoms with Gasteiger partial charge in [0.1, 0.15) is 0 Å². The minimum atomic E-state index is 0. The van der Waals surface area contributed by atoms with Crippen molar-refractivity contribution in [2.24, 2.45) is 0 Å². The highest BCUT2D eigenvalue weighted by molar-refractivity contribution is 7.59. The number of rotatable bonds is 3. The molecule has 0 aromatic heterocycles. The van der Waals surface area contributed by atoms with Gasteiger partial charge in [-0.05, 0) is 32.0 Å². The van der Waals surface area contributed by atoms with Crippen molar-refractivity contribution in [2.45, 2.75) is 25.4 Å². The zero-order valence-electron chi connectivity index (χ0n) is 9.95. The summed E-state index contributed by atoms with van der Waals surface area (Å²) in [5.74, 6) is 0. The van der Waals surface area contributed by atoms with Crippen molar-refractivity contribution >= 4 is 13.5 Å². The molecule has 0 amide bonds. The molecule has 1 N–H and O–H groups in total. The van der Waals surface area contributed by atoms with E-state index < -0.39 is 0 Å². The average Bonchev–Trinajstić information content (AvgIpc) is 2.31. The Morgan fingerprint density at radius 3 is 2.75 bits per heavy atom. The lowest BCUT2D eigenvalue weighted by molar-refractivity contribution is 0.188. The summed E-state index contributed by atoms with van der Waals surface area (Å²) in [6, 6.07) is 11.4. The van der Waals surface area contributed by atoms with Crippen molar-refractivity contribution in [2.75, 3.05) is 20.1 Å². The molecule has 16 heavy (non-hydrogen) atoms. The number of benzene rings is 1. The van der Waals surface area contributed by atoms with Crippen molar-refractivity contribution in [1.29, 1.82) is 0 Å². The van der Waals surface area contributed by atoms with Gasteiger partial charge in [0.15, 0.2) is 0 Å². The van der Waals surface area contributed by atoms with E-state index in [2.05, 4.69) is 47.6 Å². The third kappa shape index (κ3) is 3.81. The molecule has 0 radical (unpaired) electrons. The zero-order valence-corrected chi connectivity index (χ0v) is 10.9. The quantitative estimate of drug-likeness (QED) is 0.866. The van der Waals surface area contributed by atoms with Crippen LogP contribution in [0.5, 0.6) is 0 Å². The molecule has 1 aliphatic rings. The predicted molar refractivity (Wildman–Crippen MR) is 74.2 cm³/mol. The van der Waals surface area contributed by atoms with Gasteiger partial charge in [0.25, 0.3) is 0 Å². The number of likely N-dealkylation sites (tertiary alicyclic amines) is 1. The topological polar surface area (TPSA) is 15.3 Å². The van der Waals surface area contributed by atoms with Crippen LogP contribution >= 0.6 is 13.5 Å². The number of piperidine rings is 1. The monoisotopic (exact) mass is 238 g/mol. The molecule has 1 heterocycles. The molecule has 1 aliphatic heterocycles. The second-order valence-corrected chi connectivity index (χ2v) is 4.35. The summed E-state index contributed by atoms with van der Waals surface area (Å²) in [4.78, 5) is 2.54. The highest BCUT2D eigenvalue weighted by Crippen LogP contribution is 2.13. The van der Waals surface area contributed by atoms with E-state index in [9.17, 15) is 0 Å². The fourth-order valence-electron chi connectivity index (χ4n) is 2.28. The summed E-state index contributed by atoms with van der Waals surface area (Å²) < 4.78 is 0. The van der Waals surface area contributed by atoms with E-state index in [-0.39, 0.29) is 13.5 Å². The molecule has 1 fully saturated rings. The lowest BCUT2D eigenvalue weighted by Crippen LogP contribution is -2.43. The summed E-state index contributed by atoms with van der Waals surface area (Å²) in [5.41, 5.74) is 1.43. The summed E-state index contributed by atoms with van der Waals surface area (Å²) in [6.45, 7) is 3.53. The van der Waals surface area contributed by atoms with Gasteiger partial charge in [0.2, 0.25) is 0 Å². The molecule has 2 rings (SSSR count). The summed E-state index contributed by atoms with van der Waals surface area (Å²) in [6.07, 6.45) is 2.64. The first-order valence-corrected chi connectivity index (χ1v) is 5.82. The molecule has 2 nitrogen and oxygen atoms in total. The molecular formula is C13H22N2S. The van der Waals surface area contributed by atoms with Gasteiger partial charge in [-0.15, -0.1) is 0 Å². The van der Waals surface area contributed by atoms with E-state index in [1.165, 1.54) is 31.5 Å². The Bertz CT molecular complexity index is 289. The Morgan fingerprint density at radius 2 is 2.06 bits per heavy atom. The maximum Gasteiger partial charge on any atom is 0.0234 e. The molecule has 0 aliphatic carbocycles. The van der Waals surface area contributed by atoms with Crippen molar-refractivity contribution in [3.05, 3.63) is 35.9 Å². The molecule has 1 saturated heterocycles. The van der Waals surface area contributed by atoms with E-state index in [1.807, 2.05) is 0 Å². The van der Waals surface area contributed by atoms with Crippen LogP contribution in [-0.4, -0.2) is 31.1 Å². The minimum Gasteiger partial charge on any atom is -0.316 e. The largest absolute Gasteiger partial charge is 0.316 e. The molecule has 0 spiro atoms. The first-order valence-electron chi connectivity index (χ1n) is 5.82. The second kappa shape index (κ2) is 6.94. The van der Waals surface area contributed by atoms with Crippen LogP contribution in [0.1, 0.15) is 18.4 Å². The highest BCUT2D eigenvalue weighted by atomic mass is 32.1. The van der Waals surface area contributed by atoms with Gasteiger partial charge in [-0.25, -0.2) is 0 Å². The maximum atomic E-state index is 3.38. The van der Waals surface area contributed by atoms with Crippen LogP contribution in [-0.2, 0) is 6.54 Å². The Morgan fingerprint density at radius 1 is 1.31 bits per heavy atom. The van der Waals surface area contributed by atoms with Gasteiger partial charge >= 0.3 is 0 Å². The Kier molecular flexibility index (Phi) is 5.88. The fraction of sp³-hybridized carbons (Fsp3) is 0.538. The van der Waals surface area contributed by atoms with E-state index in [0.29, 0.717) is 6.04 Å². The molecule has 1 aromatic rings. The smallest absolute Gasteiger partial charge is 0.0234 e. The van der Waals surface area contributed by atoms with Crippen molar-refractivity contribution < 1.29 is 0 Å². The van der Waals surface area contributed by atoms with Gasteiger partial charge in [-0.1, -0.05) is 30.3 Å². The van der Waals surface area contributed by atoms with E-state index in [0.717, 1.165) is 6.54 Å². The zero-order chi connectivity index (χ0) is 10.5. The molecule has 1 aromatic carbocycles. The molecule has 1 atom stereocenters. The van der Waals surface area contributed by atoms with Crippen LogP contribution < -0.4 is 5.32 Å². The van der Waals surface area contributed by atoms with E-state index in [4.69, 9.17) is 0 Å². The van der Waals surface area contributed by atoms with Gasteiger partial charge in [-0.3, -0.25) is 4.90 Å². The van der Waals surface area contributed by atoms with Gasteiger partial charge in [-0.2, -0.15) is 13.5 Å². The van der Waals surface area contributed by atoms with Crippen LogP contribution in [0, 0.1) is 0 Å². The van der Waals surface area contributed by atoms with Crippen LogP contribution in [0.3, 0.4) is 0 Å². The Balaban J connectivity index is 0.00000128. The first kappa shape index (κ1) is 13.6. The second-order valence-electron chi connectivity index (χ2n) is 4.35. The van der Waals surface area contributed by atoms with E-state index >= 15 is 0 Å². The standard InChI is InChI=1S/C13H20N2.H2S/c1-14-13-8-5-9-15(11-13)10-12-6-3-2-4-7-12;/h2-4,6-7,13-14H,5,8-11H2,1H3;1H2/t13-;/m1./s1. The number of likely N-dealkylation sites (N-methyl/N-ethyl adjacent to an activating group) is 1. The summed E-state index contributed by atoms with van der Waals surface area (Å²) in [5, 5.41) is 3.38. The van der Waals surface area contributed by atoms with Crippen molar-refractivity contribution in [3.8, 4) is 0 Å². The summed E-state index contributed by atoms with van der Waals surface area (Å²) >= 11 is 0. The summed E-state index contributed by atoms with van der Waals surface area (Å²) in [7, 11) is 2.07. The van der Waals surface area contributed by atoms with Crippen LogP contribution in [0.25, 0.3) is 0 Å². The lowest BCUT2D eigenvalue weighted by Gasteiger charge is -2.32. The lowest BCUT2D eigenvalue weighted by atomic mass is 10.1. The maximum absolute atomic E-state index is 3.38. The average molecular weight is 238 g/mol. The first-order chi connectivity index (χ1) is 7.38. The Labute approximate surface area is 105 Å². The number of nitrogens with zero attached hydrogens (tertiary/aromatic N) is 1. The third-order valence-corrected chi connectivity index (χ3v) is 3.16. The number of nitrogens with one attached hydrogen (secondary N) is 1. The normalized spacial score (nSPS) is 21.4. The number of hydrogen-bond donors (Lipinski definition) is 1. The van der Waals surface area contributed by atoms with Gasteiger partial charge in [0.05, 0.1) is 0 Å². The predicted octanol–water partition coefficient (Wildman–Crippen LogP) is 1.98. The molecule has 0 unspecified atom stereocenters. The number of hydrogen-bond acceptors (Lipinski definition) is 2. The molecule has 0 saturated carbocycles. The van der Waals surface area contributed by atoms with Crippen LogP contribution in [0.15, 0.2) is 30.3 Å². The fourth-order valence-corrected chi connectivity index (χ4v) is 2.28. The minimum absolute atomic E-state index is 0. The van der Waals surface area contributed by atoms with Gasteiger partial charge in [0, 0.05) is 19.1 Å². The van der Waals surface area contributed by atoms with E-state index in [1.54, 1.807) is 0 Å². The van der Waals surface area contributed by atoms with Gasteiger partial charge < -0.3 is 5.32 Å². The van der Waals surface area contributed by atoms with Crippen LogP contribution in [0.2, 0.25) is 0 Å². The molecule has 3 heteroatoms. The van der Waals surface area contributed by atoms with Crippen molar-refractivity contribution in [3.63, 3.8) is 0 Å². The third-order valence-electron chi connectivity index (χ3n) is 3.16. The highest BCUT2D eigenvalue weighted by Gasteiger charge is 2.17. The van der Waals surface area contributed by atoms with Crippen LogP contribution in [0.4, 0.5) is 0 Å². The Hall–Kier alpha value is -0.510. The molecule has 90 valence electrons. The SMILES string of the molecule is CN[C@@H]1CCCN(Cc2ccccc2)C1.S. The molecule has 0 bridgehead atoms. The van der Waals surface area contributed by atoms with Crippen molar-refractivity contribution in [1.82, 2.24) is 10.2 Å².